The van der Waals surface area contributed by atoms with Gasteiger partial charge < -0.3 is 15.6 Å². The Bertz CT molecular complexity index is 750. The van der Waals surface area contributed by atoms with Gasteiger partial charge in [0, 0.05) is 42.3 Å². The molecule has 0 bridgehead atoms. The summed E-state index contributed by atoms with van der Waals surface area (Å²) in [5.74, 6) is 0.916. The summed E-state index contributed by atoms with van der Waals surface area (Å²) in [5.41, 5.74) is 3.86. The number of H-pyrrole nitrogens is 1. The second kappa shape index (κ2) is 10.3. The fourth-order valence-corrected chi connectivity index (χ4v) is 3.36. The Hall–Kier alpha value is -1.28. The molecular weight excluding hydrogens is 449 g/mol. The molecule has 1 unspecified atom stereocenters. The van der Waals surface area contributed by atoms with Gasteiger partial charge in [-0.2, -0.15) is 0 Å². The Balaban J connectivity index is 0.00000261. The Labute approximate surface area is 180 Å². The molecule has 0 spiro atoms. The van der Waals surface area contributed by atoms with Gasteiger partial charge in [0.2, 0.25) is 0 Å². The van der Waals surface area contributed by atoms with E-state index in [9.17, 15) is 0 Å². The van der Waals surface area contributed by atoms with E-state index in [-0.39, 0.29) is 24.0 Å². The number of aliphatic imine (C=N–C) groups is 1. The van der Waals surface area contributed by atoms with Crippen LogP contribution in [0.3, 0.4) is 0 Å². The zero-order valence-corrected chi connectivity index (χ0v) is 19.3. The molecule has 27 heavy (non-hydrogen) atoms. The second-order valence-corrected chi connectivity index (χ2v) is 7.51. The van der Waals surface area contributed by atoms with E-state index in [1.54, 1.807) is 0 Å². The number of fused-ring (bicyclic) bond motifs is 1. The lowest BCUT2D eigenvalue weighted by Crippen LogP contribution is -2.40. The van der Waals surface area contributed by atoms with Gasteiger partial charge in [-0.3, -0.25) is 9.89 Å². The third-order valence-electron chi connectivity index (χ3n) is 5.29. The van der Waals surface area contributed by atoms with Crippen molar-refractivity contribution in [1.82, 2.24) is 20.5 Å². The van der Waals surface area contributed by atoms with Crippen LogP contribution in [-0.2, 0) is 6.42 Å². The van der Waals surface area contributed by atoms with Gasteiger partial charge in [-0.05, 0) is 64.3 Å². The summed E-state index contributed by atoms with van der Waals surface area (Å²) >= 11 is 0. The minimum Gasteiger partial charge on any atom is -0.361 e. The molecular formula is C21H34IN5. The van der Waals surface area contributed by atoms with E-state index in [1.165, 1.54) is 34.9 Å². The van der Waals surface area contributed by atoms with E-state index >= 15 is 0 Å². The average molecular weight is 483 g/mol. The van der Waals surface area contributed by atoms with Gasteiger partial charge in [0.15, 0.2) is 5.96 Å². The summed E-state index contributed by atoms with van der Waals surface area (Å²) in [6, 6.07) is 7.85. The zero-order valence-electron chi connectivity index (χ0n) is 17.0. The molecule has 150 valence electrons. The standard InChI is InChI=1S/C21H33N5.HI/c1-5-22-21(25-13-16(3)26(4)18-7-8-18)23-11-10-17-14-24-20-12-15(2)6-9-19(17)20;/h6,9,12,14,16,18,24H,5,7-8,10-11,13H2,1-4H3,(H2,22,23,25);1H. The monoisotopic (exact) mass is 483 g/mol. The molecule has 1 aliphatic carbocycles. The molecule has 5 nitrogen and oxygen atoms in total. The smallest absolute Gasteiger partial charge is 0.191 e. The molecule has 1 heterocycles. The number of hydrogen-bond acceptors (Lipinski definition) is 2. The number of aromatic nitrogens is 1. The molecule has 3 N–H and O–H groups in total. The Morgan fingerprint density at radius 1 is 1.33 bits per heavy atom. The third kappa shape index (κ3) is 6.10. The highest BCUT2D eigenvalue weighted by Crippen LogP contribution is 2.26. The van der Waals surface area contributed by atoms with Crippen LogP contribution >= 0.6 is 24.0 Å². The van der Waals surface area contributed by atoms with E-state index in [2.05, 4.69) is 72.7 Å². The molecule has 6 heteroatoms. The predicted octanol–water partition coefficient (Wildman–Crippen LogP) is 3.67. The van der Waals surface area contributed by atoms with Crippen molar-refractivity contribution >= 4 is 40.8 Å². The Kier molecular flexibility index (Phi) is 8.41. The maximum atomic E-state index is 4.78. The molecule has 2 aromatic rings. The first-order valence-corrected chi connectivity index (χ1v) is 9.89. The largest absolute Gasteiger partial charge is 0.361 e. The number of aromatic amines is 1. The van der Waals surface area contributed by atoms with Crippen molar-refractivity contribution in [2.75, 3.05) is 26.7 Å². The van der Waals surface area contributed by atoms with Crippen LogP contribution in [0.4, 0.5) is 0 Å². The van der Waals surface area contributed by atoms with Crippen LogP contribution in [-0.4, -0.2) is 54.6 Å². The van der Waals surface area contributed by atoms with Crippen molar-refractivity contribution in [2.45, 2.75) is 52.1 Å². The van der Waals surface area contributed by atoms with Gasteiger partial charge in [0.25, 0.3) is 0 Å². The highest BCUT2D eigenvalue weighted by Gasteiger charge is 2.28. The normalized spacial score (nSPS) is 15.7. The second-order valence-electron chi connectivity index (χ2n) is 7.51. The number of aryl methyl sites for hydroxylation is 1. The van der Waals surface area contributed by atoms with Crippen molar-refractivity contribution < 1.29 is 0 Å². The van der Waals surface area contributed by atoms with E-state index in [4.69, 9.17) is 4.99 Å². The topological polar surface area (TPSA) is 55.5 Å². The van der Waals surface area contributed by atoms with Gasteiger partial charge in [-0.25, -0.2) is 0 Å². The highest BCUT2D eigenvalue weighted by molar-refractivity contribution is 14.0. The van der Waals surface area contributed by atoms with Crippen molar-refractivity contribution in [1.29, 1.82) is 0 Å². The number of halogens is 1. The number of guanidine groups is 1. The maximum Gasteiger partial charge on any atom is 0.191 e. The van der Waals surface area contributed by atoms with Gasteiger partial charge in [0.1, 0.15) is 0 Å². The molecule has 0 radical (unpaired) electrons. The van der Waals surface area contributed by atoms with Gasteiger partial charge in [-0.15, -0.1) is 24.0 Å². The zero-order chi connectivity index (χ0) is 18.5. The number of nitrogens with zero attached hydrogens (tertiary/aromatic N) is 2. The molecule has 0 aliphatic heterocycles. The highest BCUT2D eigenvalue weighted by atomic mass is 127. The van der Waals surface area contributed by atoms with Crippen molar-refractivity contribution in [3.8, 4) is 0 Å². The lowest BCUT2D eigenvalue weighted by atomic mass is 10.1. The predicted molar refractivity (Wildman–Crippen MR) is 126 cm³/mol. The summed E-state index contributed by atoms with van der Waals surface area (Å²) in [5, 5.41) is 8.16. The molecule has 1 aromatic heterocycles. The van der Waals surface area contributed by atoms with Crippen LogP contribution in [0.5, 0.6) is 0 Å². The number of rotatable bonds is 8. The third-order valence-corrected chi connectivity index (χ3v) is 5.29. The number of nitrogens with one attached hydrogen (secondary N) is 3. The minimum atomic E-state index is 0. The Morgan fingerprint density at radius 2 is 2.11 bits per heavy atom. The number of likely N-dealkylation sites (N-methyl/N-ethyl adjacent to an activating group) is 1. The first-order valence-electron chi connectivity index (χ1n) is 9.89. The molecule has 1 aromatic carbocycles. The molecule has 1 atom stereocenters. The van der Waals surface area contributed by atoms with Gasteiger partial charge >= 0.3 is 0 Å². The molecule has 1 saturated carbocycles. The average Bonchev–Trinajstić information content (AvgIpc) is 3.40. The van der Waals surface area contributed by atoms with E-state index in [1.807, 2.05) is 0 Å². The molecule has 1 aliphatic rings. The molecule has 0 saturated heterocycles. The van der Waals surface area contributed by atoms with Crippen LogP contribution in [0.25, 0.3) is 10.9 Å². The van der Waals surface area contributed by atoms with Crippen LogP contribution in [0.15, 0.2) is 29.4 Å². The fraction of sp³-hybridized carbons (Fsp3) is 0.571. The minimum absolute atomic E-state index is 0. The van der Waals surface area contributed by atoms with Crippen LogP contribution in [0.1, 0.15) is 37.8 Å². The van der Waals surface area contributed by atoms with Crippen LogP contribution in [0, 0.1) is 6.92 Å². The first-order chi connectivity index (χ1) is 12.6. The fourth-order valence-electron chi connectivity index (χ4n) is 3.36. The maximum absolute atomic E-state index is 4.78. The molecule has 0 amide bonds. The van der Waals surface area contributed by atoms with Crippen molar-refractivity contribution in [3.63, 3.8) is 0 Å². The van der Waals surface area contributed by atoms with Crippen molar-refractivity contribution in [3.05, 3.63) is 35.5 Å². The summed E-state index contributed by atoms with van der Waals surface area (Å²) in [6.07, 6.45) is 5.79. The quantitative estimate of drug-likeness (QED) is 0.305. The van der Waals surface area contributed by atoms with Gasteiger partial charge in [-0.1, -0.05) is 12.1 Å². The Morgan fingerprint density at radius 3 is 2.81 bits per heavy atom. The lowest BCUT2D eigenvalue weighted by molar-refractivity contribution is 0.253. The molecule has 3 rings (SSSR count). The van der Waals surface area contributed by atoms with E-state index in [0.717, 1.165) is 38.1 Å². The molecule has 1 fully saturated rings. The summed E-state index contributed by atoms with van der Waals surface area (Å²) < 4.78 is 0. The number of benzene rings is 1. The summed E-state index contributed by atoms with van der Waals surface area (Å²) in [6.45, 7) is 9.08. The summed E-state index contributed by atoms with van der Waals surface area (Å²) in [7, 11) is 2.22. The summed E-state index contributed by atoms with van der Waals surface area (Å²) in [4.78, 5) is 10.6. The first kappa shape index (κ1) is 22.0. The van der Waals surface area contributed by atoms with E-state index in [0.29, 0.717) is 6.04 Å². The van der Waals surface area contributed by atoms with Crippen LogP contribution in [0.2, 0.25) is 0 Å². The van der Waals surface area contributed by atoms with Crippen LogP contribution < -0.4 is 10.6 Å². The SMILES string of the molecule is CCNC(=NCC(C)N(C)C1CC1)NCCc1c[nH]c2cc(C)ccc12.I. The lowest BCUT2D eigenvalue weighted by Gasteiger charge is -2.23. The van der Waals surface area contributed by atoms with Gasteiger partial charge in [0.05, 0.1) is 6.54 Å². The van der Waals surface area contributed by atoms with Crippen molar-refractivity contribution in [2.24, 2.45) is 4.99 Å². The van der Waals surface area contributed by atoms with E-state index < -0.39 is 0 Å². The number of hydrogen-bond donors (Lipinski definition) is 3.